The van der Waals surface area contributed by atoms with Crippen molar-refractivity contribution in [3.63, 3.8) is 0 Å². The number of imidazole rings is 1. The number of rotatable bonds is 6. The van der Waals surface area contributed by atoms with E-state index in [0.717, 1.165) is 33.3 Å². The number of nitrogens with zero attached hydrogens (tertiary/aromatic N) is 6. The lowest BCUT2D eigenvalue weighted by Crippen LogP contribution is -2.14. The molecule has 3 N–H and O–H groups in total. The summed E-state index contributed by atoms with van der Waals surface area (Å²) < 4.78 is 0. The molecular formula is C30H21N9O. The van der Waals surface area contributed by atoms with E-state index in [1.807, 2.05) is 66.7 Å². The molecule has 10 nitrogen and oxygen atoms in total. The van der Waals surface area contributed by atoms with Crippen LogP contribution in [0.3, 0.4) is 0 Å². The number of aromatic nitrogens is 8. The molecule has 1 amide bonds. The van der Waals surface area contributed by atoms with E-state index in [2.05, 4.69) is 35.5 Å². The minimum atomic E-state index is -0.115. The number of carbonyl (C=O) groups is 1. The molecule has 0 spiro atoms. The molecule has 7 rings (SSSR count). The minimum Gasteiger partial charge on any atom is -0.324 e. The van der Waals surface area contributed by atoms with Crippen molar-refractivity contribution in [3.05, 3.63) is 103 Å². The van der Waals surface area contributed by atoms with Gasteiger partial charge in [-0.15, -0.1) is 0 Å². The van der Waals surface area contributed by atoms with E-state index in [4.69, 9.17) is 9.97 Å². The van der Waals surface area contributed by atoms with Crippen molar-refractivity contribution in [2.75, 3.05) is 5.32 Å². The molecule has 6 aromatic heterocycles. The van der Waals surface area contributed by atoms with Gasteiger partial charge in [0.15, 0.2) is 17.2 Å². The van der Waals surface area contributed by atoms with Gasteiger partial charge in [-0.3, -0.25) is 19.9 Å². The number of carbonyl (C=O) groups excluding carboxylic acids is 1. The molecule has 0 bridgehead atoms. The van der Waals surface area contributed by atoms with Crippen LogP contribution in [0.2, 0.25) is 0 Å². The number of benzene rings is 1. The predicted octanol–water partition coefficient (Wildman–Crippen LogP) is 5.20. The number of amides is 1. The van der Waals surface area contributed by atoms with Crippen LogP contribution >= 0.6 is 0 Å². The number of hydrogen-bond acceptors (Lipinski definition) is 7. The molecule has 6 heterocycles. The zero-order valence-electron chi connectivity index (χ0n) is 21.0. The van der Waals surface area contributed by atoms with Crippen LogP contribution in [0.4, 0.5) is 5.69 Å². The van der Waals surface area contributed by atoms with E-state index in [9.17, 15) is 4.79 Å². The molecule has 0 aliphatic carbocycles. The largest absolute Gasteiger partial charge is 0.324 e. The summed E-state index contributed by atoms with van der Waals surface area (Å²) in [6.07, 6.45) is 8.87. The van der Waals surface area contributed by atoms with E-state index in [1.165, 1.54) is 0 Å². The monoisotopic (exact) mass is 523 g/mol. The normalized spacial score (nSPS) is 11.2. The van der Waals surface area contributed by atoms with Gasteiger partial charge >= 0.3 is 0 Å². The van der Waals surface area contributed by atoms with Crippen molar-refractivity contribution < 1.29 is 4.79 Å². The van der Waals surface area contributed by atoms with Crippen LogP contribution in [0.5, 0.6) is 0 Å². The van der Waals surface area contributed by atoms with Crippen LogP contribution in [0.25, 0.3) is 56.1 Å². The van der Waals surface area contributed by atoms with Crippen LogP contribution in [0, 0.1) is 0 Å². The fraction of sp³-hybridized carbons (Fsp3) is 0.0333. The predicted molar refractivity (Wildman–Crippen MR) is 152 cm³/mol. The minimum absolute atomic E-state index is 0.115. The summed E-state index contributed by atoms with van der Waals surface area (Å²) in [5.74, 6) is 0.440. The van der Waals surface area contributed by atoms with E-state index in [-0.39, 0.29) is 12.3 Å². The fourth-order valence-electron chi connectivity index (χ4n) is 4.65. The fourth-order valence-corrected chi connectivity index (χ4v) is 4.65. The van der Waals surface area contributed by atoms with Crippen LogP contribution in [0.15, 0.2) is 97.7 Å². The zero-order valence-corrected chi connectivity index (χ0v) is 21.0. The van der Waals surface area contributed by atoms with E-state index >= 15 is 0 Å². The molecule has 1 aromatic carbocycles. The number of aromatic amines is 2. The summed E-state index contributed by atoms with van der Waals surface area (Å²) in [6.45, 7) is 0. The Labute approximate surface area is 227 Å². The van der Waals surface area contributed by atoms with Crippen molar-refractivity contribution in [3.8, 4) is 33.9 Å². The maximum atomic E-state index is 12.6. The van der Waals surface area contributed by atoms with Gasteiger partial charge in [-0.2, -0.15) is 5.10 Å². The van der Waals surface area contributed by atoms with Crippen molar-refractivity contribution in [1.29, 1.82) is 0 Å². The first kappa shape index (κ1) is 23.4. The highest BCUT2D eigenvalue weighted by Crippen LogP contribution is 2.31. The Morgan fingerprint density at radius 1 is 0.825 bits per heavy atom. The molecule has 0 unspecified atom stereocenters. The zero-order chi connectivity index (χ0) is 26.9. The lowest BCUT2D eigenvalue weighted by Gasteiger charge is -2.07. The number of fused-ring (bicyclic) bond motifs is 2. The van der Waals surface area contributed by atoms with Gasteiger partial charge in [0, 0.05) is 35.9 Å². The molecular weight excluding hydrogens is 502 g/mol. The van der Waals surface area contributed by atoms with Crippen LogP contribution in [-0.2, 0) is 11.2 Å². The Kier molecular flexibility index (Phi) is 5.74. The smallest absolute Gasteiger partial charge is 0.228 e. The molecule has 0 atom stereocenters. The second-order valence-electron chi connectivity index (χ2n) is 9.21. The average Bonchev–Trinajstić information content (AvgIpc) is 3.62. The Bertz CT molecular complexity index is 1980. The highest BCUT2D eigenvalue weighted by Gasteiger charge is 2.17. The third kappa shape index (κ3) is 4.43. The van der Waals surface area contributed by atoms with Crippen molar-refractivity contribution in [1.82, 2.24) is 40.1 Å². The molecule has 0 aliphatic heterocycles. The molecule has 0 fully saturated rings. The first-order valence-corrected chi connectivity index (χ1v) is 12.6. The number of H-pyrrole nitrogens is 2. The first-order valence-electron chi connectivity index (χ1n) is 12.6. The Hall–Kier alpha value is -5.77. The Balaban J connectivity index is 1.21. The highest BCUT2D eigenvalue weighted by molar-refractivity contribution is 5.95. The molecule has 0 aliphatic rings. The number of anilines is 1. The topological polar surface area (TPSA) is 138 Å². The second-order valence-corrected chi connectivity index (χ2v) is 9.21. The van der Waals surface area contributed by atoms with Crippen molar-refractivity contribution >= 4 is 33.8 Å². The van der Waals surface area contributed by atoms with Gasteiger partial charge in [-0.1, -0.05) is 30.3 Å². The molecule has 10 heteroatoms. The molecule has 7 aromatic rings. The SMILES string of the molecule is O=C(Cc1ccccc1)Nc1cncc(-c2ccc3[nH]nc(-c4nc5c(-c6ccncc6)ccnc5[nH]4)c3n2)c1. The number of hydrogen-bond donors (Lipinski definition) is 3. The van der Waals surface area contributed by atoms with E-state index < -0.39 is 0 Å². The molecule has 0 saturated heterocycles. The van der Waals surface area contributed by atoms with Gasteiger partial charge < -0.3 is 10.3 Å². The summed E-state index contributed by atoms with van der Waals surface area (Å²) in [7, 11) is 0. The van der Waals surface area contributed by atoms with Gasteiger partial charge in [-0.25, -0.2) is 15.0 Å². The Morgan fingerprint density at radius 3 is 2.58 bits per heavy atom. The van der Waals surface area contributed by atoms with Gasteiger partial charge in [0.2, 0.25) is 5.91 Å². The van der Waals surface area contributed by atoms with Crippen molar-refractivity contribution in [2.24, 2.45) is 0 Å². The Morgan fingerprint density at radius 2 is 1.70 bits per heavy atom. The first-order chi connectivity index (χ1) is 19.7. The number of pyridine rings is 4. The quantitative estimate of drug-likeness (QED) is 0.272. The van der Waals surface area contributed by atoms with E-state index in [0.29, 0.717) is 34.1 Å². The van der Waals surface area contributed by atoms with Crippen LogP contribution < -0.4 is 5.32 Å². The third-order valence-corrected chi connectivity index (χ3v) is 6.53. The second kappa shape index (κ2) is 9.84. The maximum absolute atomic E-state index is 12.6. The summed E-state index contributed by atoms with van der Waals surface area (Å²) in [4.78, 5) is 38.5. The number of nitrogens with one attached hydrogen (secondary N) is 3. The van der Waals surface area contributed by atoms with Gasteiger partial charge in [0.1, 0.15) is 11.0 Å². The maximum Gasteiger partial charge on any atom is 0.228 e. The molecule has 40 heavy (non-hydrogen) atoms. The molecule has 0 radical (unpaired) electrons. The van der Waals surface area contributed by atoms with E-state index in [1.54, 1.807) is 31.0 Å². The van der Waals surface area contributed by atoms with Crippen LogP contribution in [-0.4, -0.2) is 46.0 Å². The summed E-state index contributed by atoms with van der Waals surface area (Å²) in [6, 6.07) is 21.1. The third-order valence-electron chi connectivity index (χ3n) is 6.53. The van der Waals surface area contributed by atoms with Gasteiger partial charge in [-0.05, 0) is 47.5 Å². The molecule has 192 valence electrons. The molecule has 0 saturated carbocycles. The average molecular weight is 524 g/mol. The lowest BCUT2D eigenvalue weighted by atomic mass is 10.1. The summed E-state index contributed by atoms with van der Waals surface area (Å²) in [5.41, 5.74) is 8.32. The van der Waals surface area contributed by atoms with Gasteiger partial charge in [0.25, 0.3) is 0 Å². The lowest BCUT2D eigenvalue weighted by molar-refractivity contribution is -0.115. The standard InChI is InChI=1S/C30H21N9O/c40-25(14-18-4-2-1-3-5-18)34-21-15-20(16-32-17-21)23-6-7-24-27(35-23)28(39-38-24)30-36-26-22(10-13-33-29(26)37-30)19-8-11-31-12-9-19/h1-13,15-17H,14H2,(H,34,40)(H,38,39)(H,33,36,37). The van der Waals surface area contributed by atoms with Crippen molar-refractivity contribution in [2.45, 2.75) is 6.42 Å². The van der Waals surface area contributed by atoms with Gasteiger partial charge in [0.05, 0.1) is 29.5 Å². The summed E-state index contributed by atoms with van der Waals surface area (Å²) >= 11 is 0. The summed E-state index contributed by atoms with van der Waals surface area (Å²) in [5, 5.41) is 10.5. The van der Waals surface area contributed by atoms with Crippen LogP contribution in [0.1, 0.15) is 5.56 Å². The highest BCUT2D eigenvalue weighted by atomic mass is 16.1.